The third-order valence-electron chi connectivity index (χ3n) is 2.65. The molecule has 2 nitrogen and oxygen atoms in total. The highest BCUT2D eigenvalue weighted by Gasteiger charge is 2.38. The van der Waals surface area contributed by atoms with Crippen molar-refractivity contribution in [2.45, 2.75) is 11.8 Å². The van der Waals surface area contributed by atoms with Gasteiger partial charge in [-0.15, -0.1) is 0 Å². The van der Waals surface area contributed by atoms with E-state index in [1.807, 2.05) is 0 Å². The van der Waals surface area contributed by atoms with Crippen LogP contribution in [0.15, 0.2) is 18.2 Å². The van der Waals surface area contributed by atoms with E-state index in [2.05, 4.69) is 5.32 Å². The van der Waals surface area contributed by atoms with Crippen LogP contribution < -0.4 is 5.32 Å². The topological polar surface area (TPSA) is 32.3 Å². The highest BCUT2D eigenvalue weighted by Crippen LogP contribution is 2.37. The summed E-state index contributed by atoms with van der Waals surface area (Å²) in [5.74, 6) is 0. The summed E-state index contributed by atoms with van der Waals surface area (Å²) in [6.07, 6.45) is -4.46. The molecule has 0 bridgehead atoms. The van der Waals surface area contributed by atoms with Crippen LogP contribution >= 0.6 is 11.6 Å². The van der Waals surface area contributed by atoms with Crippen LogP contribution in [-0.4, -0.2) is 18.2 Å². The third-order valence-corrected chi connectivity index (χ3v) is 2.96. The highest BCUT2D eigenvalue weighted by atomic mass is 35.5. The van der Waals surface area contributed by atoms with E-state index in [-0.39, 0.29) is 5.02 Å². The summed E-state index contributed by atoms with van der Waals surface area (Å²) in [6, 6.07) is 3.33. The second kappa shape index (κ2) is 3.61. The molecule has 0 unspecified atom stereocenters. The van der Waals surface area contributed by atoms with Crippen molar-refractivity contribution in [2.75, 3.05) is 13.1 Å². The standard InChI is InChI=1S/C10H9ClF3NO/c11-8-3-6(9(16)4-15-5-9)1-2-7(8)10(12,13)14/h1-3,15-16H,4-5H2. The van der Waals surface area contributed by atoms with Crippen molar-refractivity contribution in [1.29, 1.82) is 0 Å². The summed E-state index contributed by atoms with van der Waals surface area (Å²) >= 11 is 5.55. The Morgan fingerprint density at radius 2 is 1.94 bits per heavy atom. The summed E-state index contributed by atoms with van der Waals surface area (Å²) in [4.78, 5) is 0. The van der Waals surface area contributed by atoms with Gasteiger partial charge in [0, 0.05) is 13.1 Å². The molecule has 0 spiro atoms. The summed E-state index contributed by atoms with van der Waals surface area (Å²) in [6.45, 7) is 0.656. The molecule has 0 saturated carbocycles. The van der Waals surface area contributed by atoms with E-state index in [0.717, 1.165) is 6.07 Å². The Kier molecular flexibility index (Phi) is 2.64. The predicted octanol–water partition coefficient (Wildman–Crippen LogP) is 2.15. The average Bonchev–Trinajstić information content (AvgIpc) is 2.12. The van der Waals surface area contributed by atoms with E-state index in [9.17, 15) is 18.3 Å². The molecule has 1 aliphatic rings. The van der Waals surface area contributed by atoms with Crippen LogP contribution in [0.5, 0.6) is 0 Å². The number of benzene rings is 1. The lowest BCUT2D eigenvalue weighted by molar-refractivity contribution is -0.137. The smallest absolute Gasteiger partial charge is 0.382 e. The molecule has 16 heavy (non-hydrogen) atoms. The Hall–Kier alpha value is -0.780. The number of aliphatic hydroxyl groups is 1. The zero-order chi connectivity index (χ0) is 12.0. The molecule has 0 atom stereocenters. The lowest BCUT2D eigenvalue weighted by atomic mass is 9.88. The third kappa shape index (κ3) is 1.90. The Bertz CT molecular complexity index is 415. The number of hydrogen-bond acceptors (Lipinski definition) is 2. The molecule has 0 aromatic heterocycles. The minimum absolute atomic E-state index is 0.328. The number of alkyl halides is 3. The van der Waals surface area contributed by atoms with Crippen molar-refractivity contribution < 1.29 is 18.3 Å². The normalized spacial score (nSPS) is 19.3. The van der Waals surface area contributed by atoms with Crippen molar-refractivity contribution in [3.8, 4) is 0 Å². The van der Waals surface area contributed by atoms with Crippen LogP contribution in [0.3, 0.4) is 0 Å². The van der Waals surface area contributed by atoms with Crippen LogP contribution in [0.1, 0.15) is 11.1 Å². The van der Waals surface area contributed by atoms with Gasteiger partial charge in [0.1, 0.15) is 5.60 Å². The number of β-amino-alcohol motifs (C(OH)–C–C–N with tert-alkyl or cyclic N) is 1. The van der Waals surface area contributed by atoms with Gasteiger partial charge in [-0.25, -0.2) is 0 Å². The number of rotatable bonds is 1. The molecule has 0 radical (unpaired) electrons. The average molecular weight is 252 g/mol. The van der Waals surface area contributed by atoms with E-state index in [0.29, 0.717) is 18.7 Å². The molecule has 1 fully saturated rings. The van der Waals surface area contributed by atoms with Crippen molar-refractivity contribution in [3.05, 3.63) is 34.3 Å². The summed E-state index contributed by atoms with van der Waals surface area (Å²) < 4.78 is 37.2. The molecule has 88 valence electrons. The summed E-state index contributed by atoms with van der Waals surface area (Å²) in [7, 11) is 0. The predicted molar refractivity (Wildman–Crippen MR) is 53.2 cm³/mol. The quantitative estimate of drug-likeness (QED) is 0.802. The van der Waals surface area contributed by atoms with E-state index >= 15 is 0 Å². The van der Waals surface area contributed by atoms with Crippen LogP contribution in [0, 0.1) is 0 Å². The maximum atomic E-state index is 12.4. The fourth-order valence-electron chi connectivity index (χ4n) is 1.60. The van der Waals surface area contributed by atoms with E-state index in [1.165, 1.54) is 12.1 Å². The Morgan fingerprint density at radius 3 is 2.31 bits per heavy atom. The Labute approximate surface area is 95.0 Å². The number of halogens is 4. The zero-order valence-electron chi connectivity index (χ0n) is 8.11. The lowest BCUT2D eigenvalue weighted by Crippen LogP contribution is -2.56. The maximum absolute atomic E-state index is 12.4. The van der Waals surface area contributed by atoms with E-state index in [1.54, 1.807) is 0 Å². The molecule has 1 heterocycles. The first-order valence-corrected chi connectivity index (χ1v) is 5.01. The first-order valence-electron chi connectivity index (χ1n) is 4.63. The summed E-state index contributed by atoms with van der Waals surface area (Å²) in [5.41, 5.74) is -1.56. The molecule has 1 aliphatic heterocycles. The highest BCUT2D eigenvalue weighted by molar-refractivity contribution is 6.31. The minimum atomic E-state index is -4.46. The molecular weight excluding hydrogens is 243 g/mol. The number of hydrogen-bond donors (Lipinski definition) is 2. The van der Waals surface area contributed by atoms with Crippen molar-refractivity contribution in [1.82, 2.24) is 5.32 Å². The monoisotopic (exact) mass is 251 g/mol. The lowest BCUT2D eigenvalue weighted by Gasteiger charge is -2.38. The van der Waals surface area contributed by atoms with Gasteiger partial charge in [-0.05, 0) is 17.7 Å². The van der Waals surface area contributed by atoms with Crippen LogP contribution in [0.2, 0.25) is 5.02 Å². The Morgan fingerprint density at radius 1 is 1.31 bits per heavy atom. The van der Waals surface area contributed by atoms with Crippen molar-refractivity contribution >= 4 is 11.6 Å². The molecule has 2 N–H and O–H groups in total. The van der Waals surface area contributed by atoms with Crippen LogP contribution in [0.25, 0.3) is 0 Å². The first kappa shape index (κ1) is 11.7. The molecule has 1 aromatic rings. The fraction of sp³-hybridized carbons (Fsp3) is 0.400. The second-order valence-electron chi connectivity index (χ2n) is 3.83. The minimum Gasteiger partial charge on any atom is -0.382 e. The van der Waals surface area contributed by atoms with Gasteiger partial charge in [-0.3, -0.25) is 0 Å². The molecule has 0 aliphatic carbocycles. The zero-order valence-corrected chi connectivity index (χ0v) is 8.86. The first-order chi connectivity index (χ1) is 7.33. The molecule has 1 saturated heterocycles. The van der Waals surface area contributed by atoms with Gasteiger partial charge in [0.25, 0.3) is 0 Å². The molecule has 2 rings (SSSR count). The van der Waals surface area contributed by atoms with Crippen molar-refractivity contribution in [2.24, 2.45) is 0 Å². The number of nitrogens with one attached hydrogen (secondary N) is 1. The SMILES string of the molecule is OC1(c2ccc(C(F)(F)F)c(Cl)c2)CNC1. The summed E-state index contributed by atoms with van der Waals surface area (Å²) in [5, 5.41) is 12.4. The molecular formula is C10H9ClF3NO. The van der Waals surface area contributed by atoms with Gasteiger partial charge < -0.3 is 10.4 Å². The fourth-order valence-corrected chi connectivity index (χ4v) is 1.89. The molecule has 6 heteroatoms. The van der Waals surface area contributed by atoms with Gasteiger partial charge in [-0.1, -0.05) is 17.7 Å². The van der Waals surface area contributed by atoms with Gasteiger partial charge in [0.15, 0.2) is 0 Å². The van der Waals surface area contributed by atoms with Crippen LogP contribution in [-0.2, 0) is 11.8 Å². The van der Waals surface area contributed by atoms with E-state index in [4.69, 9.17) is 11.6 Å². The van der Waals surface area contributed by atoms with Gasteiger partial charge in [0.2, 0.25) is 0 Å². The van der Waals surface area contributed by atoms with E-state index < -0.39 is 17.3 Å². The van der Waals surface area contributed by atoms with Crippen LogP contribution in [0.4, 0.5) is 13.2 Å². The largest absolute Gasteiger partial charge is 0.417 e. The van der Waals surface area contributed by atoms with Crippen molar-refractivity contribution in [3.63, 3.8) is 0 Å². The Balaban J connectivity index is 2.37. The second-order valence-corrected chi connectivity index (χ2v) is 4.23. The van der Waals surface area contributed by atoms with Gasteiger partial charge in [0.05, 0.1) is 10.6 Å². The molecule has 1 aromatic carbocycles. The van der Waals surface area contributed by atoms with Gasteiger partial charge >= 0.3 is 6.18 Å². The maximum Gasteiger partial charge on any atom is 0.417 e. The molecule has 0 amide bonds. The van der Waals surface area contributed by atoms with Gasteiger partial charge in [-0.2, -0.15) is 13.2 Å².